The Balaban J connectivity index is 1.59. The molecule has 1 N–H and O–H groups in total. The van der Waals surface area contributed by atoms with Gasteiger partial charge in [-0.2, -0.15) is 0 Å². The molecule has 3 heterocycles. The molecular weight excluding hydrogens is 366 g/mol. The smallest absolute Gasteiger partial charge is 0.254 e. The minimum Gasteiger partial charge on any atom is -0.337 e. The molecule has 0 bridgehead atoms. The summed E-state index contributed by atoms with van der Waals surface area (Å²) in [6, 6.07) is 6.55. The van der Waals surface area contributed by atoms with Crippen LogP contribution in [0.25, 0.3) is 0 Å². The lowest BCUT2D eigenvalue weighted by Crippen LogP contribution is -2.44. The largest absolute Gasteiger partial charge is 0.337 e. The first-order valence-corrected chi connectivity index (χ1v) is 9.29. The third kappa shape index (κ3) is 4.81. The maximum Gasteiger partial charge on any atom is 0.254 e. The van der Waals surface area contributed by atoms with E-state index >= 15 is 0 Å². The van der Waals surface area contributed by atoms with E-state index in [1.54, 1.807) is 42.9 Å². The third-order valence-corrected chi connectivity index (χ3v) is 4.99. The molecule has 0 aliphatic carbocycles. The molecule has 27 heavy (non-hydrogen) atoms. The van der Waals surface area contributed by atoms with Gasteiger partial charge in [0.25, 0.3) is 5.91 Å². The highest BCUT2D eigenvalue weighted by Gasteiger charge is 2.26. The van der Waals surface area contributed by atoms with Crippen LogP contribution in [-0.2, 0) is 4.79 Å². The van der Waals surface area contributed by atoms with E-state index in [-0.39, 0.29) is 23.0 Å². The topological polar surface area (TPSA) is 78.4 Å². The molecule has 0 saturated carbocycles. The average molecular weight is 388 g/mol. The van der Waals surface area contributed by atoms with Gasteiger partial charge in [-0.1, -0.05) is 11.6 Å². The van der Waals surface area contributed by atoms with Crippen molar-refractivity contribution in [2.45, 2.75) is 19.4 Å². The molecule has 1 aliphatic heterocycles. The Kier molecular flexibility index (Phi) is 6.36. The molecule has 1 aliphatic rings. The standard InChI is InChI=1S/C19H22ClN5O2/c1-14(18(26)23-16-4-2-7-22-17(16)20)24-10-3-11-25(13-12-24)19(27)15-5-8-21-9-6-15/h2,4-9,14H,3,10-13H2,1H3,(H,23,26). The van der Waals surface area contributed by atoms with E-state index in [9.17, 15) is 9.59 Å². The molecule has 1 atom stereocenters. The summed E-state index contributed by atoms with van der Waals surface area (Å²) < 4.78 is 0. The Morgan fingerprint density at radius 3 is 2.63 bits per heavy atom. The summed E-state index contributed by atoms with van der Waals surface area (Å²) >= 11 is 6.01. The normalized spacial score (nSPS) is 16.4. The van der Waals surface area contributed by atoms with Crippen LogP contribution in [0, 0.1) is 0 Å². The maximum atomic E-state index is 12.6. The number of hydrogen-bond donors (Lipinski definition) is 1. The minimum atomic E-state index is -0.336. The fourth-order valence-corrected chi connectivity index (χ4v) is 3.25. The maximum absolute atomic E-state index is 12.6. The molecule has 2 amide bonds. The van der Waals surface area contributed by atoms with Gasteiger partial charge in [0.2, 0.25) is 5.91 Å². The zero-order valence-electron chi connectivity index (χ0n) is 15.1. The number of amides is 2. The van der Waals surface area contributed by atoms with Crippen molar-refractivity contribution in [2.24, 2.45) is 0 Å². The van der Waals surface area contributed by atoms with Gasteiger partial charge in [0.05, 0.1) is 11.7 Å². The number of carbonyl (C=O) groups is 2. The van der Waals surface area contributed by atoms with Gasteiger partial charge >= 0.3 is 0 Å². The van der Waals surface area contributed by atoms with Crippen molar-refractivity contribution >= 4 is 29.1 Å². The van der Waals surface area contributed by atoms with E-state index in [2.05, 4.69) is 20.2 Å². The Bertz CT molecular complexity index is 802. The van der Waals surface area contributed by atoms with Crippen LogP contribution in [0.4, 0.5) is 5.69 Å². The predicted octanol–water partition coefficient (Wildman–Crippen LogP) is 2.31. The second-order valence-electron chi connectivity index (χ2n) is 6.42. The van der Waals surface area contributed by atoms with Gasteiger partial charge in [0.15, 0.2) is 5.15 Å². The Morgan fingerprint density at radius 1 is 1.11 bits per heavy atom. The molecule has 3 rings (SSSR count). The van der Waals surface area contributed by atoms with Gasteiger partial charge in [-0.15, -0.1) is 0 Å². The number of halogens is 1. The average Bonchev–Trinajstić information content (AvgIpc) is 2.95. The highest BCUT2D eigenvalue weighted by atomic mass is 35.5. The van der Waals surface area contributed by atoms with Crippen molar-refractivity contribution in [3.05, 3.63) is 53.6 Å². The van der Waals surface area contributed by atoms with E-state index < -0.39 is 0 Å². The molecule has 1 saturated heterocycles. The van der Waals surface area contributed by atoms with Gasteiger partial charge in [0.1, 0.15) is 0 Å². The lowest BCUT2D eigenvalue weighted by atomic mass is 10.2. The van der Waals surface area contributed by atoms with E-state index in [4.69, 9.17) is 11.6 Å². The van der Waals surface area contributed by atoms with E-state index in [1.807, 2.05) is 11.8 Å². The molecule has 1 fully saturated rings. The monoisotopic (exact) mass is 387 g/mol. The van der Waals surface area contributed by atoms with Gasteiger partial charge in [-0.3, -0.25) is 19.5 Å². The predicted molar refractivity (Wildman–Crippen MR) is 104 cm³/mol. The number of nitrogens with zero attached hydrogens (tertiary/aromatic N) is 4. The van der Waals surface area contributed by atoms with Crippen molar-refractivity contribution in [3.8, 4) is 0 Å². The number of rotatable bonds is 4. The summed E-state index contributed by atoms with van der Waals surface area (Å²) in [5, 5.41) is 3.09. The summed E-state index contributed by atoms with van der Waals surface area (Å²) in [5.41, 5.74) is 1.13. The zero-order valence-corrected chi connectivity index (χ0v) is 15.9. The first-order chi connectivity index (χ1) is 13.1. The van der Waals surface area contributed by atoms with Crippen molar-refractivity contribution in [2.75, 3.05) is 31.5 Å². The fraction of sp³-hybridized carbons (Fsp3) is 0.368. The minimum absolute atomic E-state index is 0.00139. The van der Waals surface area contributed by atoms with Crippen molar-refractivity contribution in [1.29, 1.82) is 0 Å². The van der Waals surface area contributed by atoms with E-state index in [0.717, 1.165) is 13.0 Å². The van der Waals surface area contributed by atoms with Gasteiger partial charge in [-0.05, 0) is 37.6 Å². The van der Waals surface area contributed by atoms with Crippen LogP contribution >= 0.6 is 11.6 Å². The van der Waals surface area contributed by atoms with Crippen LogP contribution in [0.1, 0.15) is 23.7 Å². The number of aromatic nitrogens is 2. The molecule has 0 aromatic carbocycles. The lowest BCUT2D eigenvalue weighted by molar-refractivity contribution is -0.120. The number of anilines is 1. The molecule has 0 spiro atoms. The van der Waals surface area contributed by atoms with Crippen molar-refractivity contribution in [1.82, 2.24) is 19.8 Å². The zero-order chi connectivity index (χ0) is 19.2. The number of hydrogen-bond acceptors (Lipinski definition) is 5. The second-order valence-corrected chi connectivity index (χ2v) is 6.78. The molecule has 1 unspecified atom stereocenters. The molecule has 0 radical (unpaired) electrons. The summed E-state index contributed by atoms with van der Waals surface area (Å²) in [4.78, 5) is 37.0. The van der Waals surface area contributed by atoms with Crippen LogP contribution in [0.3, 0.4) is 0 Å². The van der Waals surface area contributed by atoms with Crippen LogP contribution < -0.4 is 5.32 Å². The highest BCUT2D eigenvalue weighted by molar-refractivity contribution is 6.32. The quantitative estimate of drug-likeness (QED) is 0.814. The van der Waals surface area contributed by atoms with Gasteiger partial charge < -0.3 is 10.2 Å². The van der Waals surface area contributed by atoms with Gasteiger partial charge in [-0.25, -0.2) is 4.98 Å². The number of carbonyl (C=O) groups excluding carboxylic acids is 2. The van der Waals surface area contributed by atoms with Crippen molar-refractivity contribution < 1.29 is 9.59 Å². The number of pyridine rings is 2. The van der Waals surface area contributed by atoms with Crippen molar-refractivity contribution in [3.63, 3.8) is 0 Å². The Labute approximate surface area is 163 Å². The van der Waals surface area contributed by atoms with Crippen LogP contribution in [0.5, 0.6) is 0 Å². The van der Waals surface area contributed by atoms with Crippen LogP contribution in [0.2, 0.25) is 5.15 Å². The Hall–Kier alpha value is -2.51. The summed E-state index contributed by atoms with van der Waals surface area (Å²) in [6.45, 7) is 4.48. The second kappa shape index (κ2) is 8.92. The first-order valence-electron chi connectivity index (χ1n) is 8.91. The Morgan fingerprint density at radius 2 is 1.89 bits per heavy atom. The lowest BCUT2D eigenvalue weighted by Gasteiger charge is -2.27. The van der Waals surface area contributed by atoms with Crippen LogP contribution in [-0.4, -0.2) is 63.8 Å². The van der Waals surface area contributed by atoms with Crippen LogP contribution in [0.15, 0.2) is 42.9 Å². The molecule has 7 nitrogen and oxygen atoms in total. The van der Waals surface area contributed by atoms with E-state index in [0.29, 0.717) is 30.9 Å². The SMILES string of the molecule is CC(C(=O)Nc1cccnc1Cl)N1CCCN(C(=O)c2ccncc2)CC1. The molecule has 8 heteroatoms. The fourth-order valence-electron chi connectivity index (χ4n) is 3.09. The molecule has 2 aromatic heterocycles. The molecule has 2 aromatic rings. The summed E-state index contributed by atoms with van der Waals surface area (Å²) in [7, 11) is 0. The highest BCUT2D eigenvalue weighted by Crippen LogP contribution is 2.18. The summed E-state index contributed by atoms with van der Waals surface area (Å²) in [5.74, 6) is -0.141. The van der Waals surface area contributed by atoms with E-state index in [1.165, 1.54) is 0 Å². The first kappa shape index (κ1) is 19.3. The number of nitrogens with one attached hydrogen (secondary N) is 1. The summed E-state index contributed by atoms with van der Waals surface area (Å²) in [6.07, 6.45) is 5.62. The molecule has 142 valence electrons. The third-order valence-electron chi connectivity index (χ3n) is 4.69. The molecular formula is C19H22ClN5O2. The van der Waals surface area contributed by atoms with Gasteiger partial charge in [0, 0.05) is 50.3 Å².